The highest BCUT2D eigenvalue weighted by atomic mass is 16.5. The fourth-order valence-corrected chi connectivity index (χ4v) is 3.56. The second-order valence-corrected chi connectivity index (χ2v) is 5.96. The Balaban J connectivity index is 0.000000704. The van der Waals surface area contributed by atoms with Gasteiger partial charge in [0.15, 0.2) is 0 Å². The minimum absolute atomic E-state index is 0.0233. The summed E-state index contributed by atoms with van der Waals surface area (Å²) in [5.74, 6) is 0. The van der Waals surface area contributed by atoms with Crippen molar-refractivity contribution in [3.05, 3.63) is 35.9 Å². The number of ether oxygens (including phenoxy) is 1. The molecule has 4 heterocycles. The molecule has 3 aromatic rings. The van der Waals surface area contributed by atoms with E-state index >= 15 is 0 Å². The monoisotopic (exact) mass is 326 g/mol. The van der Waals surface area contributed by atoms with E-state index in [2.05, 4.69) is 15.1 Å². The number of aliphatic hydroxyl groups is 1. The second-order valence-electron chi connectivity index (χ2n) is 5.96. The molecule has 2 atom stereocenters. The maximum Gasteiger partial charge on any atom is 0.150 e. The van der Waals surface area contributed by atoms with Crippen molar-refractivity contribution in [2.75, 3.05) is 6.61 Å². The minimum atomic E-state index is -0.717. The molecule has 6 heteroatoms. The van der Waals surface area contributed by atoms with E-state index in [-0.39, 0.29) is 6.23 Å². The number of nitrogens with one attached hydrogen (secondary N) is 1. The zero-order chi connectivity index (χ0) is 16.7. The molecule has 0 saturated carbocycles. The largest absolute Gasteiger partial charge is 0.382 e. The van der Waals surface area contributed by atoms with Gasteiger partial charge in [0, 0.05) is 41.7 Å². The number of aromatic nitrogens is 4. The van der Waals surface area contributed by atoms with Crippen LogP contribution in [0.4, 0.5) is 0 Å². The van der Waals surface area contributed by atoms with Crippen molar-refractivity contribution in [1.29, 1.82) is 0 Å². The van der Waals surface area contributed by atoms with Crippen LogP contribution in [0.25, 0.3) is 22.2 Å². The number of hydrogen-bond acceptors (Lipinski definition) is 4. The highest BCUT2D eigenvalue weighted by Crippen LogP contribution is 2.43. The summed E-state index contributed by atoms with van der Waals surface area (Å²) in [7, 11) is 0. The van der Waals surface area contributed by atoms with Crippen molar-refractivity contribution in [1.82, 2.24) is 19.7 Å². The zero-order valence-electron chi connectivity index (χ0n) is 14.0. The lowest BCUT2D eigenvalue weighted by molar-refractivity contribution is -0.0399. The van der Waals surface area contributed by atoms with Gasteiger partial charge in [0.2, 0.25) is 0 Å². The molecule has 2 N–H and O–H groups in total. The summed E-state index contributed by atoms with van der Waals surface area (Å²) in [6, 6.07) is 1.98. The molecule has 0 radical (unpaired) electrons. The van der Waals surface area contributed by atoms with Crippen molar-refractivity contribution >= 4 is 11.0 Å². The van der Waals surface area contributed by atoms with Crippen LogP contribution in [0.1, 0.15) is 56.7 Å². The number of aliphatic hydroxyl groups excluding tert-OH is 1. The molecule has 2 aliphatic rings. The van der Waals surface area contributed by atoms with E-state index in [1.165, 1.54) is 0 Å². The first kappa shape index (κ1) is 15.4. The standard InChI is InChI=1S/C16H16N4O2.C2H6/c21-15-10-7-18-16-13(10)9(4-5-17-16)11-8-20(19-14(11)15)12-3-1-2-6-22-12;1-2/h4-5,7-8,12,15,21H,1-3,6H2,(H,17,18);1-2H3. The van der Waals surface area contributed by atoms with E-state index in [1.807, 2.05) is 37.0 Å². The van der Waals surface area contributed by atoms with Crippen LogP contribution < -0.4 is 0 Å². The van der Waals surface area contributed by atoms with Crippen molar-refractivity contribution in [2.24, 2.45) is 0 Å². The third kappa shape index (κ3) is 2.17. The Morgan fingerprint density at radius 2 is 2.17 bits per heavy atom. The quantitative estimate of drug-likeness (QED) is 0.717. The maximum atomic E-state index is 10.7. The molecule has 0 aromatic carbocycles. The number of aromatic amines is 1. The fourth-order valence-electron chi connectivity index (χ4n) is 3.56. The average Bonchev–Trinajstić information content (AvgIpc) is 3.28. The van der Waals surface area contributed by atoms with Crippen LogP contribution in [0.3, 0.4) is 0 Å². The van der Waals surface area contributed by atoms with Gasteiger partial charge in [0.1, 0.15) is 23.7 Å². The highest BCUT2D eigenvalue weighted by Gasteiger charge is 2.31. The van der Waals surface area contributed by atoms with Gasteiger partial charge in [-0.1, -0.05) is 13.8 Å². The van der Waals surface area contributed by atoms with Crippen LogP contribution in [0, 0.1) is 0 Å². The molecule has 24 heavy (non-hydrogen) atoms. The molecule has 1 aliphatic carbocycles. The zero-order valence-corrected chi connectivity index (χ0v) is 14.0. The van der Waals surface area contributed by atoms with Crippen LogP contribution >= 0.6 is 0 Å². The van der Waals surface area contributed by atoms with E-state index in [1.54, 1.807) is 6.20 Å². The van der Waals surface area contributed by atoms with E-state index in [9.17, 15) is 5.11 Å². The molecule has 1 saturated heterocycles. The van der Waals surface area contributed by atoms with Crippen LogP contribution in [0.5, 0.6) is 0 Å². The van der Waals surface area contributed by atoms with Gasteiger partial charge in [0.05, 0.1) is 0 Å². The summed E-state index contributed by atoms with van der Waals surface area (Å²) in [5, 5.41) is 16.3. The number of nitrogens with zero attached hydrogens (tertiary/aromatic N) is 3. The molecular weight excluding hydrogens is 304 g/mol. The summed E-state index contributed by atoms with van der Waals surface area (Å²) in [4.78, 5) is 7.45. The Morgan fingerprint density at radius 3 is 2.96 bits per heavy atom. The second kappa shape index (κ2) is 6.03. The lowest BCUT2D eigenvalue weighted by Gasteiger charge is -2.22. The lowest BCUT2D eigenvalue weighted by Crippen LogP contribution is -2.18. The number of fused-ring (bicyclic) bond motifs is 2. The van der Waals surface area contributed by atoms with Crippen LogP contribution in [-0.2, 0) is 4.74 Å². The van der Waals surface area contributed by atoms with E-state index in [4.69, 9.17) is 4.74 Å². The summed E-state index contributed by atoms with van der Waals surface area (Å²) >= 11 is 0. The third-order valence-electron chi connectivity index (χ3n) is 4.66. The van der Waals surface area contributed by atoms with Gasteiger partial charge in [-0.25, -0.2) is 9.67 Å². The fraction of sp³-hybridized carbons (Fsp3) is 0.444. The molecule has 2 unspecified atom stereocenters. The SMILES string of the molecule is CC.OC1c2nn(C3CCCCO3)cc2-c2ccnc3[nH]cc1c23. The molecule has 0 spiro atoms. The summed E-state index contributed by atoms with van der Waals surface area (Å²) in [6.07, 6.45) is 8.09. The number of H-pyrrole nitrogens is 1. The van der Waals surface area contributed by atoms with Gasteiger partial charge in [-0.2, -0.15) is 5.10 Å². The maximum absolute atomic E-state index is 10.7. The number of pyridine rings is 1. The minimum Gasteiger partial charge on any atom is -0.382 e. The molecule has 1 aliphatic heterocycles. The van der Waals surface area contributed by atoms with Gasteiger partial charge in [0.25, 0.3) is 0 Å². The third-order valence-corrected chi connectivity index (χ3v) is 4.66. The first-order valence-electron chi connectivity index (χ1n) is 8.68. The van der Waals surface area contributed by atoms with E-state index in [0.29, 0.717) is 5.69 Å². The normalized spacial score (nSPS) is 22.0. The highest BCUT2D eigenvalue weighted by molar-refractivity contribution is 5.98. The van der Waals surface area contributed by atoms with Gasteiger partial charge in [-0.05, 0) is 30.9 Å². The van der Waals surface area contributed by atoms with E-state index in [0.717, 1.165) is 53.6 Å². The van der Waals surface area contributed by atoms with Crippen LogP contribution in [0.2, 0.25) is 0 Å². The first-order chi connectivity index (χ1) is 11.8. The summed E-state index contributed by atoms with van der Waals surface area (Å²) < 4.78 is 7.68. The topological polar surface area (TPSA) is 76.0 Å². The Labute approximate surface area is 140 Å². The number of hydrogen-bond donors (Lipinski definition) is 2. The van der Waals surface area contributed by atoms with Crippen molar-refractivity contribution in [3.8, 4) is 11.1 Å². The molecule has 0 bridgehead atoms. The Bertz CT molecular complexity index is 861. The smallest absolute Gasteiger partial charge is 0.150 e. The molecule has 6 nitrogen and oxygen atoms in total. The van der Waals surface area contributed by atoms with Gasteiger partial charge in [-0.3, -0.25) is 0 Å². The van der Waals surface area contributed by atoms with Gasteiger partial charge < -0.3 is 14.8 Å². The predicted octanol–water partition coefficient (Wildman–Crippen LogP) is 3.55. The molecule has 5 rings (SSSR count). The molecular formula is C18H22N4O2. The van der Waals surface area contributed by atoms with Gasteiger partial charge in [-0.15, -0.1) is 0 Å². The van der Waals surface area contributed by atoms with Crippen LogP contribution in [-0.4, -0.2) is 31.5 Å². The van der Waals surface area contributed by atoms with Gasteiger partial charge >= 0.3 is 0 Å². The van der Waals surface area contributed by atoms with Crippen molar-refractivity contribution < 1.29 is 9.84 Å². The molecule has 126 valence electrons. The molecule has 1 fully saturated rings. The Hall–Kier alpha value is -2.18. The lowest BCUT2D eigenvalue weighted by atomic mass is 9.91. The van der Waals surface area contributed by atoms with Crippen molar-refractivity contribution in [3.63, 3.8) is 0 Å². The number of rotatable bonds is 1. The Morgan fingerprint density at radius 1 is 1.29 bits per heavy atom. The Kier molecular flexibility index (Phi) is 3.86. The molecule has 0 amide bonds. The molecule has 3 aromatic heterocycles. The van der Waals surface area contributed by atoms with Crippen molar-refractivity contribution in [2.45, 2.75) is 45.4 Å². The average molecular weight is 326 g/mol. The summed E-state index contributed by atoms with van der Waals surface area (Å²) in [6.45, 7) is 4.78. The summed E-state index contributed by atoms with van der Waals surface area (Å²) in [5.41, 5.74) is 4.40. The van der Waals surface area contributed by atoms with E-state index < -0.39 is 6.10 Å². The first-order valence-corrected chi connectivity index (χ1v) is 8.68. The predicted molar refractivity (Wildman–Crippen MR) is 91.6 cm³/mol. The van der Waals surface area contributed by atoms with Crippen LogP contribution in [0.15, 0.2) is 24.7 Å².